The molecular weight excluding hydrogens is 450 g/mol. The van der Waals surface area contributed by atoms with Crippen LogP contribution in [-0.2, 0) is 19.4 Å². The number of aryl methyl sites for hydroxylation is 3. The maximum atomic E-state index is 13.2. The first-order chi connectivity index (χ1) is 16.4. The highest BCUT2D eigenvalue weighted by molar-refractivity contribution is 7.20. The number of H-pyrrole nitrogens is 1. The van der Waals surface area contributed by atoms with Crippen LogP contribution in [0.15, 0.2) is 39.9 Å². The average Bonchev–Trinajstić information content (AvgIpc) is 2.99. The molecule has 1 aliphatic rings. The first kappa shape index (κ1) is 22.2. The van der Waals surface area contributed by atoms with Crippen LogP contribution in [0.2, 0.25) is 0 Å². The molecule has 0 radical (unpaired) electrons. The summed E-state index contributed by atoms with van der Waals surface area (Å²) in [5.74, 6) is 0.977. The number of rotatable bonds is 4. The molecular formula is C25H25N5O3S. The van der Waals surface area contributed by atoms with Crippen molar-refractivity contribution in [1.29, 1.82) is 0 Å². The van der Waals surface area contributed by atoms with E-state index < -0.39 is 0 Å². The quantitative estimate of drug-likeness (QED) is 0.463. The van der Waals surface area contributed by atoms with Crippen molar-refractivity contribution in [3.8, 4) is 11.4 Å². The van der Waals surface area contributed by atoms with Crippen molar-refractivity contribution in [2.75, 3.05) is 5.32 Å². The monoisotopic (exact) mass is 475 g/mol. The molecule has 1 aromatic carbocycles. The molecule has 34 heavy (non-hydrogen) atoms. The van der Waals surface area contributed by atoms with Gasteiger partial charge in [-0.05, 0) is 43.9 Å². The third kappa shape index (κ3) is 4.07. The molecule has 0 saturated carbocycles. The number of carbonyl (C=O) groups is 1. The molecule has 4 heterocycles. The van der Waals surface area contributed by atoms with Gasteiger partial charge in [0.15, 0.2) is 0 Å². The van der Waals surface area contributed by atoms with Crippen LogP contribution >= 0.6 is 11.3 Å². The van der Waals surface area contributed by atoms with E-state index in [4.69, 9.17) is 4.98 Å². The molecule has 3 aromatic heterocycles. The molecule has 2 N–H and O–H groups in total. The second-order valence-electron chi connectivity index (χ2n) is 8.51. The van der Waals surface area contributed by atoms with Gasteiger partial charge in [0.2, 0.25) is 0 Å². The van der Waals surface area contributed by atoms with Crippen LogP contribution < -0.4 is 16.4 Å². The van der Waals surface area contributed by atoms with E-state index in [9.17, 15) is 14.4 Å². The smallest absolute Gasteiger partial charge is 0.266 e. The number of thiophene rings is 1. The van der Waals surface area contributed by atoms with Gasteiger partial charge in [0.25, 0.3) is 17.0 Å². The van der Waals surface area contributed by atoms with Crippen LogP contribution in [0.25, 0.3) is 21.6 Å². The van der Waals surface area contributed by atoms with Gasteiger partial charge in [-0.25, -0.2) is 9.97 Å². The van der Waals surface area contributed by atoms with E-state index in [2.05, 4.69) is 15.3 Å². The minimum atomic E-state index is -0.291. The first-order valence-electron chi connectivity index (χ1n) is 11.5. The summed E-state index contributed by atoms with van der Waals surface area (Å²) in [6.45, 7) is 4.42. The normalized spacial score (nSPS) is 13.5. The number of nitrogens with one attached hydrogen (secondary N) is 2. The largest absolute Gasteiger partial charge is 0.321 e. The van der Waals surface area contributed by atoms with E-state index in [1.54, 1.807) is 22.8 Å². The minimum absolute atomic E-state index is 0.0532. The second kappa shape index (κ2) is 8.98. The zero-order valence-electron chi connectivity index (χ0n) is 19.1. The standard InChI is InChI=1S/C25H25N5O3S/c1-3-16-13-19(31)29-22(26-16)15-8-7-9-17(12-15)27-23(32)21-14(2)20-24(34-21)28-18-10-5-4-6-11-30(18)25(20)33/h7-9,12-13H,3-6,10-11H2,1-2H3,(H,27,32)(H,26,29,31). The summed E-state index contributed by atoms with van der Waals surface area (Å²) >= 11 is 1.26. The van der Waals surface area contributed by atoms with E-state index in [0.717, 1.165) is 31.5 Å². The van der Waals surface area contributed by atoms with Crippen molar-refractivity contribution in [2.24, 2.45) is 0 Å². The Morgan fingerprint density at radius 3 is 2.85 bits per heavy atom. The molecule has 0 fully saturated rings. The van der Waals surface area contributed by atoms with Gasteiger partial charge in [-0.1, -0.05) is 25.5 Å². The molecule has 0 aliphatic carbocycles. The molecule has 9 heteroatoms. The summed E-state index contributed by atoms with van der Waals surface area (Å²) < 4.78 is 1.78. The lowest BCUT2D eigenvalue weighted by Crippen LogP contribution is -2.24. The molecule has 4 aromatic rings. The minimum Gasteiger partial charge on any atom is -0.321 e. The van der Waals surface area contributed by atoms with E-state index in [1.165, 1.54) is 17.4 Å². The molecule has 8 nitrogen and oxygen atoms in total. The van der Waals surface area contributed by atoms with Gasteiger partial charge in [0.05, 0.1) is 10.3 Å². The van der Waals surface area contributed by atoms with E-state index in [-0.39, 0.29) is 17.0 Å². The summed E-state index contributed by atoms with van der Waals surface area (Å²) in [5, 5.41) is 3.46. The topological polar surface area (TPSA) is 110 Å². The summed E-state index contributed by atoms with van der Waals surface area (Å²) in [7, 11) is 0. The van der Waals surface area contributed by atoms with Crippen molar-refractivity contribution >= 4 is 33.1 Å². The van der Waals surface area contributed by atoms with Crippen molar-refractivity contribution in [2.45, 2.75) is 52.5 Å². The van der Waals surface area contributed by atoms with Crippen LogP contribution in [0.5, 0.6) is 0 Å². The molecule has 5 rings (SSSR count). The van der Waals surface area contributed by atoms with E-state index >= 15 is 0 Å². The van der Waals surface area contributed by atoms with E-state index in [1.807, 2.05) is 19.9 Å². The van der Waals surface area contributed by atoms with Crippen LogP contribution in [0.1, 0.15) is 52.9 Å². The maximum absolute atomic E-state index is 13.2. The fourth-order valence-corrected chi connectivity index (χ4v) is 5.47. The number of nitrogens with zero attached hydrogens (tertiary/aromatic N) is 3. The van der Waals surface area contributed by atoms with Crippen LogP contribution in [-0.4, -0.2) is 25.4 Å². The molecule has 0 unspecified atom stereocenters. The molecule has 0 spiro atoms. The van der Waals surface area contributed by atoms with Gasteiger partial charge in [-0.15, -0.1) is 11.3 Å². The lowest BCUT2D eigenvalue weighted by atomic mass is 10.1. The first-order valence-corrected chi connectivity index (χ1v) is 12.3. The number of anilines is 1. The second-order valence-corrected chi connectivity index (χ2v) is 9.50. The van der Waals surface area contributed by atoms with Crippen molar-refractivity contribution in [3.63, 3.8) is 0 Å². The van der Waals surface area contributed by atoms with Crippen molar-refractivity contribution in [3.05, 3.63) is 73.0 Å². The number of aromatic amines is 1. The van der Waals surface area contributed by atoms with Gasteiger partial charge >= 0.3 is 0 Å². The highest BCUT2D eigenvalue weighted by Crippen LogP contribution is 2.29. The fourth-order valence-electron chi connectivity index (χ4n) is 4.38. The number of fused-ring (bicyclic) bond motifs is 2. The molecule has 1 aliphatic heterocycles. The number of carbonyl (C=O) groups excluding carboxylic acids is 1. The summed E-state index contributed by atoms with van der Waals surface area (Å²) in [5.41, 5.74) is 2.36. The third-order valence-electron chi connectivity index (χ3n) is 6.17. The van der Waals surface area contributed by atoms with Gasteiger partial charge < -0.3 is 10.3 Å². The number of hydrogen-bond donors (Lipinski definition) is 2. The molecule has 0 saturated heterocycles. The maximum Gasteiger partial charge on any atom is 0.266 e. The summed E-state index contributed by atoms with van der Waals surface area (Å²) in [4.78, 5) is 51.4. The highest BCUT2D eigenvalue weighted by atomic mass is 32.1. The van der Waals surface area contributed by atoms with Crippen LogP contribution in [0.4, 0.5) is 5.69 Å². The van der Waals surface area contributed by atoms with Gasteiger partial charge in [-0.3, -0.25) is 19.0 Å². The fraction of sp³-hybridized carbons (Fsp3) is 0.320. The highest BCUT2D eigenvalue weighted by Gasteiger charge is 2.22. The van der Waals surface area contributed by atoms with Gasteiger partial charge in [-0.2, -0.15) is 0 Å². The van der Waals surface area contributed by atoms with Gasteiger partial charge in [0, 0.05) is 36.0 Å². The number of benzene rings is 1. The number of amides is 1. The predicted octanol–water partition coefficient (Wildman–Crippen LogP) is 4.06. The Balaban J connectivity index is 1.48. The Morgan fingerprint density at radius 2 is 2.03 bits per heavy atom. The third-order valence-corrected chi connectivity index (χ3v) is 7.35. The Bertz CT molecular complexity index is 1530. The Morgan fingerprint density at radius 1 is 1.18 bits per heavy atom. The number of hydrogen-bond acceptors (Lipinski definition) is 6. The molecule has 0 bridgehead atoms. The lowest BCUT2D eigenvalue weighted by Gasteiger charge is -2.08. The van der Waals surface area contributed by atoms with Crippen molar-refractivity contribution < 1.29 is 4.79 Å². The van der Waals surface area contributed by atoms with Crippen molar-refractivity contribution in [1.82, 2.24) is 19.5 Å². The Kier molecular flexibility index (Phi) is 5.87. The molecule has 1 amide bonds. The lowest BCUT2D eigenvalue weighted by molar-refractivity contribution is 0.103. The van der Waals surface area contributed by atoms with Crippen LogP contribution in [0.3, 0.4) is 0 Å². The zero-order valence-corrected chi connectivity index (χ0v) is 19.9. The number of aromatic nitrogens is 4. The van der Waals surface area contributed by atoms with Crippen LogP contribution in [0, 0.1) is 6.92 Å². The Hall–Kier alpha value is -3.59. The summed E-state index contributed by atoms with van der Waals surface area (Å²) in [6, 6.07) is 8.66. The Labute approximate surface area is 199 Å². The van der Waals surface area contributed by atoms with E-state index in [0.29, 0.717) is 56.4 Å². The average molecular weight is 476 g/mol. The predicted molar refractivity (Wildman–Crippen MR) is 134 cm³/mol. The summed E-state index contributed by atoms with van der Waals surface area (Å²) in [6.07, 6.45) is 4.51. The van der Waals surface area contributed by atoms with Gasteiger partial charge in [0.1, 0.15) is 16.5 Å². The molecule has 174 valence electrons. The zero-order chi connectivity index (χ0) is 23.8. The molecule has 0 atom stereocenters. The SMILES string of the molecule is CCc1cc(=O)[nH]c(-c2cccc(NC(=O)c3sc4nc5n(c(=O)c4c3C)CCCCC5)c2)n1.